The highest BCUT2D eigenvalue weighted by atomic mass is 16.2. The summed E-state index contributed by atoms with van der Waals surface area (Å²) in [6.45, 7) is 0. The molecule has 6 nitrogen and oxygen atoms in total. The highest BCUT2D eigenvalue weighted by molar-refractivity contribution is 6.02. The lowest BCUT2D eigenvalue weighted by Crippen LogP contribution is -2.39. The number of piperidine rings is 1. The highest BCUT2D eigenvalue weighted by Gasteiger charge is 2.28. The van der Waals surface area contributed by atoms with Crippen LogP contribution in [-0.4, -0.2) is 28.3 Å². The van der Waals surface area contributed by atoms with Crippen LogP contribution in [0.3, 0.4) is 0 Å². The summed E-state index contributed by atoms with van der Waals surface area (Å²) in [6.07, 6.45) is 3.09. The maximum atomic E-state index is 11.8. The van der Waals surface area contributed by atoms with E-state index in [4.69, 9.17) is 0 Å². The molecule has 2 amide bonds. The van der Waals surface area contributed by atoms with E-state index in [1.54, 1.807) is 18.3 Å². The molecule has 2 N–H and O–H groups in total. The summed E-state index contributed by atoms with van der Waals surface area (Å²) in [5.41, 5.74) is 1.93. The molecule has 0 bridgehead atoms. The largest absolute Gasteiger partial charge is 0.298 e. The van der Waals surface area contributed by atoms with Gasteiger partial charge in [-0.3, -0.25) is 24.8 Å². The predicted octanol–water partition coefficient (Wildman–Crippen LogP) is 0.896. The van der Waals surface area contributed by atoms with Crippen molar-refractivity contribution in [1.29, 1.82) is 0 Å². The Morgan fingerprint density at radius 2 is 2.16 bits per heavy atom. The quantitative estimate of drug-likeness (QED) is 0.617. The Kier molecular flexibility index (Phi) is 2.63. The zero-order valence-electron chi connectivity index (χ0n) is 9.97. The molecule has 3 rings (SSSR count). The van der Waals surface area contributed by atoms with Crippen molar-refractivity contribution < 1.29 is 14.4 Å². The molecule has 2 heterocycles. The fraction of sp³-hybridized carbons (Fsp3) is 0.231. The molecule has 2 aromatic rings. The Bertz CT molecular complexity index is 689. The van der Waals surface area contributed by atoms with Crippen molar-refractivity contribution in [3.05, 3.63) is 29.5 Å². The van der Waals surface area contributed by atoms with Gasteiger partial charge in [0.05, 0.1) is 17.6 Å². The Morgan fingerprint density at radius 3 is 2.89 bits per heavy atom. The third kappa shape index (κ3) is 1.91. The summed E-state index contributed by atoms with van der Waals surface area (Å²) in [4.78, 5) is 34.1. The Balaban J connectivity index is 2.07. The predicted molar refractivity (Wildman–Crippen MR) is 66.6 cm³/mol. The minimum Gasteiger partial charge on any atom is -0.298 e. The second-order valence-electron chi connectivity index (χ2n) is 4.56. The minimum atomic E-state index is -0.399. The van der Waals surface area contributed by atoms with E-state index in [2.05, 4.69) is 15.5 Å². The molecule has 1 aromatic heterocycles. The molecule has 0 radical (unpaired) electrons. The van der Waals surface area contributed by atoms with Gasteiger partial charge in [-0.05, 0) is 24.1 Å². The van der Waals surface area contributed by atoms with Gasteiger partial charge in [0.2, 0.25) is 11.8 Å². The first-order chi connectivity index (χ1) is 9.19. The smallest absolute Gasteiger partial charge is 0.234 e. The number of H-pyrrole nitrogens is 1. The third-order valence-corrected chi connectivity index (χ3v) is 3.38. The summed E-state index contributed by atoms with van der Waals surface area (Å²) in [7, 11) is 0. The van der Waals surface area contributed by atoms with Crippen molar-refractivity contribution >= 4 is 29.0 Å². The topological polar surface area (TPSA) is 91.9 Å². The van der Waals surface area contributed by atoms with Gasteiger partial charge in [0.25, 0.3) is 0 Å². The SMILES string of the molecule is O=Cc1cc(C2CCC(=O)NC2=O)cc2[nH]ncc12. The molecule has 6 heteroatoms. The Hall–Kier alpha value is -2.50. The summed E-state index contributed by atoms with van der Waals surface area (Å²) in [6, 6.07) is 3.49. The number of fused-ring (bicyclic) bond motifs is 1. The van der Waals surface area contributed by atoms with E-state index in [0.29, 0.717) is 23.9 Å². The maximum Gasteiger partial charge on any atom is 0.234 e. The van der Waals surface area contributed by atoms with Crippen LogP contribution in [0.2, 0.25) is 0 Å². The van der Waals surface area contributed by atoms with Crippen molar-refractivity contribution in [3.8, 4) is 0 Å². The van der Waals surface area contributed by atoms with Gasteiger partial charge in [0.1, 0.15) is 0 Å². The lowest BCUT2D eigenvalue weighted by molar-refractivity contribution is -0.134. The van der Waals surface area contributed by atoms with E-state index >= 15 is 0 Å². The first-order valence-corrected chi connectivity index (χ1v) is 5.95. The van der Waals surface area contributed by atoms with Crippen LogP contribution in [0.15, 0.2) is 18.3 Å². The first-order valence-electron chi connectivity index (χ1n) is 5.95. The molecule has 1 aliphatic heterocycles. The number of nitrogens with zero attached hydrogens (tertiary/aromatic N) is 1. The van der Waals surface area contributed by atoms with Gasteiger partial charge in [-0.15, -0.1) is 0 Å². The van der Waals surface area contributed by atoms with E-state index in [1.807, 2.05) is 0 Å². The summed E-state index contributed by atoms with van der Waals surface area (Å²) >= 11 is 0. The zero-order chi connectivity index (χ0) is 13.4. The standard InChI is InChI=1S/C13H11N3O3/c17-6-8-3-7(4-11-10(8)5-14-16-11)9-1-2-12(18)15-13(9)19/h3-6,9H,1-2H2,(H,14,16)(H,15,18,19). The second kappa shape index (κ2) is 4.31. The maximum absolute atomic E-state index is 11.8. The molecule has 0 spiro atoms. The molecular formula is C13H11N3O3. The molecule has 1 fully saturated rings. The van der Waals surface area contributed by atoms with Crippen molar-refractivity contribution in [1.82, 2.24) is 15.5 Å². The van der Waals surface area contributed by atoms with Gasteiger partial charge >= 0.3 is 0 Å². The number of hydrogen-bond donors (Lipinski definition) is 2. The second-order valence-corrected chi connectivity index (χ2v) is 4.56. The molecule has 1 atom stereocenters. The number of amides is 2. The highest BCUT2D eigenvalue weighted by Crippen LogP contribution is 2.28. The van der Waals surface area contributed by atoms with Crippen LogP contribution >= 0.6 is 0 Å². The monoisotopic (exact) mass is 257 g/mol. The van der Waals surface area contributed by atoms with Crippen molar-refractivity contribution in [2.75, 3.05) is 0 Å². The number of aromatic amines is 1. The Morgan fingerprint density at radius 1 is 1.32 bits per heavy atom. The van der Waals surface area contributed by atoms with E-state index in [0.717, 1.165) is 17.2 Å². The van der Waals surface area contributed by atoms with Crippen LogP contribution in [0.5, 0.6) is 0 Å². The van der Waals surface area contributed by atoms with Gasteiger partial charge in [0.15, 0.2) is 6.29 Å². The summed E-state index contributed by atoms with van der Waals surface area (Å²) < 4.78 is 0. The normalized spacial score (nSPS) is 19.5. The lowest BCUT2D eigenvalue weighted by Gasteiger charge is -2.21. The number of rotatable bonds is 2. The molecule has 0 aliphatic carbocycles. The fourth-order valence-electron chi connectivity index (χ4n) is 2.41. The number of benzene rings is 1. The molecule has 96 valence electrons. The van der Waals surface area contributed by atoms with Crippen molar-refractivity contribution in [3.63, 3.8) is 0 Å². The van der Waals surface area contributed by atoms with Crippen molar-refractivity contribution in [2.24, 2.45) is 0 Å². The fourth-order valence-corrected chi connectivity index (χ4v) is 2.41. The van der Waals surface area contributed by atoms with Gasteiger partial charge in [-0.1, -0.05) is 0 Å². The molecule has 1 unspecified atom stereocenters. The number of carbonyl (C=O) groups is 3. The minimum absolute atomic E-state index is 0.250. The molecular weight excluding hydrogens is 246 g/mol. The van der Waals surface area contributed by atoms with Crippen LogP contribution in [0.1, 0.15) is 34.7 Å². The lowest BCUT2D eigenvalue weighted by atomic mass is 9.89. The van der Waals surface area contributed by atoms with Crippen molar-refractivity contribution in [2.45, 2.75) is 18.8 Å². The van der Waals surface area contributed by atoms with E-state index in [9.17, 15) is 14.4 Å². The molecule has 0 saturated carbocycles. The van der Waals surface area contributed by atoms with Gasteiger partial charge < -0.3 is 0 Å². The number of aldehydes is 1. The summed E-state index contributed by atoms with van der Waals surface area (Å²) in [5, 5.41) is 9.72. The van der Waals surface area contributed by atoms with Crippen LogP contribution in [0.25, 0.3) is 10.9 Å². The van der Waals surface area contributed by atoms with E-state index in [-0.39, 0.29) is 11.8 Å². The molecule has 1 aromatic carbocycles. The molecule has 1 aliphatic rings. The average molecular weight is 257 g/mol. The number of carbonyl (C=O) groups excluding carboxylic acids is 3. The number of hydrogen-bond acceptors (Lipinski definition) is 4. The number of aromatic nitrogens is 2. The third-order valence-electron chi connectivity index (χ3n) is 3.38. The first kappa shape index (κ1) is 11.6. The summed E-state index contributed by atoms with van der Waals surface area (Å²) in [5.74, 6) is -0.962. The Labute approximate surface area is 108 Å². The van der Waals surface area contributed by atoms with E-state index in [1.165, 1.54) is 0 Å². The van der Waals surface area contributed by atoms with Crippen LogP contribution in [-0.2, 0) is 9.59 Å². The van der Waals surface area contributed by atoms with E-state index < -0.39 is 5.92 Å². The van der Waals surface area contributed by atoms with Crippen LogP contribution in [0.4, 0.5) is 0 Å². The molecule has 1 saturated heterocycles. The zero-order valence-corrected chi connectivity index (χ0v) is 9.97. The number of nitrogens with one attached hydrogen (secondary N) is 2. The van der Waals surface area contributed by atoms with Crippen LogP contribution < -0.4 is 5.32 Å². The van der Waals surface area contributed by atoms with Gasteiger partial charge in [0, 0.05) is 17.4 Å². The average Bonchev–Trinajstić information content (AvgIpc) is 2.85. The van der Waals surface area contributed by atoms with Gasteiger partial charge in [-0.25, -0.2) is 0 Å². The number of imide groups is 1. The van der Waals surface area contributed by atoms with Gasteiger partial charge in [-0.2, -0.15) is 5.10 Å². The van der Waals surface area contributed by atoms with Crippen LogP contribution in [0, 0.1) is 0 Å². The molecule has 19 heavy (non-hydrogen) atoms.